The van der Waals surface area contributed by atoms with Gasteiger partial charge in [-0.05, 0) is 74.4 Å². The summed E-state index contributed by atoms with van der Waals surface area (Å²) in [4.78, 5) is 14.8. The molecular weight excluding hydrogens is 312 g/mol. The van der Waals surface area contributed by atoms with Gasteiger partial charge in [-0.15, -0.1) is 0 Å². The Morgan fingerprint density at radius 1 is 1.24 bits per heavy atom. The van der Waals surface area contributed by atoms with E-state index in [4.69, 9.17) is 4.42 Å². The molecule has 1 aliphatic heterocycles. The summed E-state index contributed by atoms with van der Waals surface area (Å²) in [5.41, 5.74) is 4.84. The van der Waals surface area contributed by atoms with Crippen LogP contribution in [-0.4, -0.2) is 37.0 Å². The molecule has 1 aromatic carbocycles. The molecule has 0 atom stereocenters. The first-order valence-corrected chi connectivity index (χ1v) is 9.75. The smallest absolute Gasteiger partial charge is 0.227 e. The van der Waals surface area contributed by atoms with E-state index in [-0.39, 0.29) is 5.91 Å². The van der Waals surface area contributed by atoms with Gasteiger partial charge in [0.15, 0.2) is 0 Å². The molecule has 134 valence electrons. The fourth-order valence-electron chi connectivity index (χ4n) is 4.29. The summed E-state index contributed by atoms with van der Waals surface area (Å²) in [6.45, 7) is 6.02. The van der Waals surface area contributed by atoms with Crippen LogP contribution in [0.1, 0.15) is 42.9 Å². The summed E-state index contributed by atoms with van der Waals surface area (Å²) in [6.07, 6.45) is 8.01. The van der Waals surface area contributed by atoms with Gasteiger partial charge in [0.05, 0.1) is 12.7 Å². The minimum atomic E-state index is 0.241. The number of carbonyl (C=O) groups excluding carboxylic acids is 1. The third-order valence-electron chi connectivity index (χ3n) is 5.86. The van der Waals surface area contributed by atoms with Gasteiger partial charge in [0.2, 0.25) is 5.91 Å². The van der Waals surface area contributed by atoms with E-state index < -0.39 is 0 Å². The number of nitrogens with zero attached hydrogens (tertiary/aromatic N) is 1. The number of aryl methyl sites for hydroxylation is 2. The second kappa shape index (κ2) is 7.20. The number of carbonyl (C=O) groups is 1. The lowest BCUT2D eigenvalue weighted by Gasteiger charge is -2.32. The van der Waals surface area contributed by atoms with Gasteiger partial charge in [0, 0.05) is 24.0 Å². The van der Waals surface area contributed by atoms with E-state index in [1.165, 1.54) is 17.5 Å². The molecule has 0 radical (unpaired) electrons. The van der Waals surface area contributed by atoms with E-state index in [1.54, 1.807) is 6.26 Å². The highest BCUT2D eigenvalue weighted by atomic mass is 16.3. The summed E-state index contributed by atoms with van der Waals surface area (Å²) in [5.74, 6) is 0.950. The van der Waals surface area contributed by atoms with Crippen molar-refractivity contribution in [3.05, 3.63) is 35.1 Å². The molecule has 2 aliphatic rings. The SMILES string of the molecule is CCNCC1CCN(C(=O)Cc2coc3cc4c(cc23)CCC4)CC1. The second-order valence-electron chi connectivity index (χ2n) is 7.54. The number of amides is 1. The van der Waals surface area contributed by atoms with Crippen molar-refractivity contribution in [2.45, 2.75) is 45.4 Å². The highest BCUT2D eigenvalue weighted by molar-refractivity contribution is 5.88. The van der Waals surface area contributed by atoms with Crippen LogP contribution >= 0.6 is 0 Å². The van der Waals surface area contributed by atoms with Crippen LogP contribution in [0.25, 0.3) is 11.0 Å². The zero-order chi connectivity index (χ0) is 17.2. The maximum absolute atomic E-state index is 12.7. The first kappa shape index (κ1) is 16.6. The predicted molar refractivity (Wildman–Crippen MR) is 99.8 cm³/mol. The fourth-order valence-corrected chi connectivity index (χ4v) is 4.29. The van der Waals surface area contributed by atoms with Crippen molar-refractivity contribution in [2.75, 3.05) is 26.2 Å². The molecule has 1 N–H and O–H groups in total. The van der Waals surface area contributed by atoms with Gasteiger partial charge in [-0.2, -0.15) is 0 Å². The molecule has 1 aliphatic carbocycles. The lowest BCUT2D eigenvalue weighted by Crippen LogP contribution is -2.41. The molecule has 2 heterocycles. The zero-order valence-electron chi connectivity index (χ0n) is 15.1. The van der Waals surface area contributed by atoms with Crippen molar-refractivity contribution in [1.82, 2.24) is 10.2 Å². The Kier molecular flexibility index (Phi) is 4.80. The first-order chi connectivity index (χ1) is 12.2. The van der Waals surface area contributed by atoms with Crippen LogP contribution in [0, 0.1) is 5.92 Å². The van der Waals surface area contributed by atoms with Crippen LogP contribution < -0.4 is 5.32 Å². The van der Waals surface area contributed by atoms with Gasteiger partial charge in [0.1, 0.15) is 5.58 Å². The van der Waals surface area contributed by atoms with E-state index in [9.17, 15) is 4.79 Å². The van der Waals surface area contributed by atoms with Gasteiger partial charge < -0.3 is 14.6 Å². The predicted octanol–water partition coefficient (Wildman–Crippen LogP) is 3.31. The van der Waals surface area contributed by atoms with Gasteiger partial charge in [-0.1, -0.05) is 6.92 Å². The number of likely N-dealkylation sites (tertiary alicyclic amines) is 1. The Morgan fingerprint density at radius 2 is 2.00 bits per heavy atom. The first-order valence-electron chi connectivity index (χ1n) is 9.75. The molecule has 1 saturated heterocycles. The molecule has 4 nitrogen and oxygen atoms in total. The van der Waals surface area contributed by atoms with Crippen molar-refractivity contribution in [1.29, 1.82) is 0 Å². The number of furan rings is 1. The van der Waals surface area contributed by atoms with Crippen LogP contribution in [0.15, 0.2) is 22.8 Å². The standard InChI is InChI=1S/C21H28N2O2/c1-2-22-13-15-6-8-23(9-7-15)21(24)12-18-14-25-20-11-17-5-3-4-16(17)10-19(18)20/h10-11,14-15,22H,2-9,12-13H2,1H3. The number of hydrogen-bond acceptors (Lipinski definition) is 3. The van der Waals surface area contributed by atoms with Gasteiger partial charge >= 0.3 is 0 Å². The van der Waals surface area contributed by atoms with Crippen molar-refractivity contribution in [3.63, 3.8) is 0 Å². The second-order valence-corrected chi connectivity index (χ2v) is 7.54. The lowest BCUT2D eigenvalue weighted by molar-refractivity contribution is -0.131. The average molecular weight is 340 g/mol. The Balaban J connectivity index is 1.41. The number of hydrogen-bond donors (Lipinski definition) is 1. The summed E-state index contributed by atoms with van der Waals surface area (Å²) in [7, 11) is 0. The normalized spacial score (nSPS) is 18.0. The fraction of sp³-hybridized carbons (Fsp3) is 0.571. The average Bonchev–Trinajstić information content (AvgIpc) is 3.25. The topological polar surface area (TPSA) is 45.5 Å². The van der Waals surface area contributed by atoms with E-state index >= 15 is 0 Å². The Hall–Kier alpha value is -1.81. The molecule has 0 unspecified atom stereocenters. The minimum Gasteiger partial charge on any atom is -0.464 e. The molecule has 25 heavy (non-hydrogen) atoms. The minimum absolute atomic E-state index is 0.241. The van der Waals surface area contributed by atoms with E-state index in [2.05, 4.69) is 24.4 Å². The molecular formula is C21H28N2O2. The van der Waals surface area contributed by atoms with E-state index in [1.807, 2.05) is 4.90 Å². The van der Waals surface area contributed by atoms with Crippen LogP contribution in [0.4, 0.5) is 0 Å². The molecule has 2 aromatic rings. The molecule has 4 rings (SSSR count). The van der Waals surface area contributed by atoms with Gasteiger partial charge in [0.25, 0.3) is 0 Å². The van der Waals surface area contributed by atoms with Crippen molar-refractivity contribution in [3.8, 4) is 0 Å². The monoisotopic (exact) mass is 340 g/mol. The number of rotatable bonds is 5. The highest BCUT2D eigenvalue weighted by Gasteiger charge is 2.24. The zero-order valence-corrected chi connectivity index (χ0v) is 15.1. The van der Waals surface area contributed by atoms with Crippen LogP contribution in [0.2, 0.25) is 0 Å². The van der Waals surface area contributed by atoms with E-state index in [0.29, 0.717) is 12.3 Å². The number of nitrogens with one attached hydrogen (secondary N) is 1. The largest absolute Gasteiger partial charge is 0.464 e. The van der Waals surface area contributed by atoms with Crippen LogP contribution in [0.5, 0.6) is 0 Å². The summed E-state index contributed by atoms with van der Waals surface area (Å²) < 4.78 is 5.74. The molecule has 1 amide bonds. The summed E-state index contributed by atoms with van der Waals surface area (Å²) in [5, 5.41) is 4.56. The number of piperidine rings is 1. The Morgan fingerprint density at radius 3 is 2.76 bits per heavy atom. The maximum atomic E-state index is 12.7. The highest BCUT2D eigenvalue weighted by Crippen LogP contribution is 2.31. The van der Waals surface area contributed by atoms with Gasteiger partial charge in [-0.25, -0.2) is 0 Å². The molecule has 1 aromatic heterocycles. The molecule has 0 bridgehead atoms. The van der Waals surface area contributed by atoms with Crippen molar-refractivity contribution >= 4 is 16.9 Å². The summed E-state index contributed by atoms with van der Waals surface area (Å²) >= 11 is 0. The quantitative estimate of drug-likeness (QED) is 0.908. The number of fused-ring (bicyclic) bond motifs is 2. The Labute approximate surface area is 149 Å². The number of benzene rings is 1. The molecule has 4 heteroatoms. The van der Waals surface area contributed by atoms with E-state index in [0.717, 1.165) is 68.4 Å². The van der Waals surface area contributed by atoms with Crippen molar-refractivity contribution in [2.24, 2.45) is 5.92 Å². The van der Waals surface area contributed by atoms with Gasteiger partial charge in [-0.3, -0.25) is 4.79 Å². The van der Waals surface area contributed by atoms with Crippen LogP contribution in [-0.2, 0) is 24.1 Å². The molecule has 0 spiro atoms. The Bertz CT molecular complexity index is 757. The maximum Gasteiger partial charge on any atom is 0.227 e. The van der Waals surface area contributed by atoms with Crippen molar-refractivity contribution < 1.29 is 9.21 Å². The molecule has 1 fully saturated rings. The third kappa shape index (κ3) is 3.45. The lowest BCUT2D eigenvalue weighted by atomic mass is 9.96. The molecule has 0 saturated carbocycles. The summed E-state index contributed by atoms with van der Waals surface area (Å²) in [6, 6.07) is 4.43. The third-order valence-corrected chi connectivity index (χ3v) is 5.86. The van der Waals surface area contributed by atoms with Crippen LogP contribution in [0.3, 0.4) is 0 Å².